The number of hydrogen-bond acceptors (Lipinski definition) is 6. The fourth-order valence-electron chi connectivity index (χ4n) is 5.89. The van der Waals surface area contributed by atoms with Crippen molar-refractivity contribution in [3.63, 3.8) is 0 Å². The van der Waals surface area contributed by atoms with Crippen LogP contribution in [0.25, 0.3) is 12.2 Å². The molecule has 2 aliphatic heterocycles. The fourth-order valence-corrected chi connectivity index (χ4v) is 5.89. The van der Waals surface area contributed by atoms with Gasteiger partial charge in [0, 0.05) is 46.0 Å². The van der Waals surface area contributed by atoms with E-state index in [9.17, 15) is 29.4 Å². The number of carbonyl (C=O) groups excluding carboxylic acids is 4. The van der Waals surface area contributed by atoms with Gasteiger partial charge < -0.3 is 35.1 Å². The Morgan fingerprint density at radius 1 is 0.953 bits per heavy atom. The molecule has 4 rings (SSSR count). The number of carbonyl (C=O) groups is 4. The lowest BCUT2D eigenvalue weighted by Crippen LogP contribution is -2.30. The van der Waals surface area contributed by atoms with Gasteiger partial charge in [-0.3, -0.25) is 9.59 Å². The molecule has 2 aromatic rings. The van der Waals surface area contributed by atoms with Crippen LogP contribution < -0.4 is 26.2 Å². The van der Waals surface area contributed by atoms with Gasteiger partial charge in [0.25, 0.3) is 11.8 Å². The van der Waals surface area contributed by atoms with Crippen LogP contribution in [-0.2, 0) is 38.4 Å². The highest BCUT2D eigenvalue weighted by atomic mass is 16.4. The predicted molar refractivity (Wildman–Crippen MR) is 159 cm³/mol. The Morgan fingerprint density at radius 3 is 2.19 bits per heavy atom. The van der Waals surface area contributed by atoms with Gasteiger partial charge in [0.05, 0.1) is 17.7 Å². The van der Waals surface area contributed by atoms with E-state index in [1.165, 1.54) is 0 Å². The van der Waals surface area contributed by atoms with Gasteiger partial charge in [0.2, 0.25) is 0 Å². The van der Waals surface area contributed by atoms with Gasteiger partial charge in [-0.15, -0.1) is 0 Å². The van der Waals surface area contributed by atoms with Gasteiger partial charge in [-0.1, -0.05) is 18.7 Å². The number of nitrogens with zero attached hydrogens (tertiary/aromatic N) is 1. The van der Waals surface area contributed by atoms with Crippen LogP contribution in [0, 0.1) is 19.8 Å². The molecule has 43 heavy (non-hydrogen) atoms. The van der Waals surface area contributed by atoms with E-state index in [0.717, 1.165) is 39.1 Å². The van der Waals surface area contributed by atoms with E-state index in [0.29, 0.717) is 34.1 Å². The average Bonchev–Trinajstić information content (AvgIpc) is 3.59. The third kappa shape index (κ3) is 6.38. The van der Waals surface area contributed by atoms with Crippen molar-refractivity contribution in [1.29, 1.82) is 0 Å². The van der Waals surface area contributed by atoms with E-state index < -0.39 is 11.9 Å². The molecule has 0 saturated carbocycles. The maximum atomic E-state index is 12.4. The summed E-state index contributed by atoms with van der Waals surface area (Å²) in [4.78, 5) is 58.4. The van der Waals surface area contributed by atoms with E-state index in [1.54, 1.807) is 19.1 Å². The molecule has 0 unspecified atom stereocenters. The molecular weight excluding hydrogens is 548 g/mol. The predicted octanol–water partition coefficient (Wildman–Crippen LogP) is 0.0409. The molecule has 0 radical (unpaired) electrons. The Labute approximate surface area is 249 Å². The number of allylic oxidation sites excluding steroid dienone is 1. The minimum Gasteiger partial charge on any atom is -0.550 e. The molecule has 0 saturated heterocycles. The van der Waals surface area contributed by atoms with Crippen molar-refractivity contribution in [3.05, 3.63) is 79.8 Å². The molecule has 10 nitrogen and oxygen atoms in total. The van der Waals surface area contributed by atoms with Crippen LogP contribution in [0.4, 0.5) is 0 Å². The first-order valence-electron chi connectivity index (χ1n) is 14.3. The van der Waals surface area contributed by atoms with Crippen LogP contribution in [0.1, 0.15) is 67.3 Å². The molecule has 0 aromatic carbocycles. The van der Waals surface area contributed by atoms with Crippen molar-refractivity contribution in [3.8, 4) is 0 Å². The third-order valence-electron chi connectivity index (χ3n) is 8.48. The van der Waals surface area contributed by atoms with E-state index in [4.69, 9.17) is 0 Å². The Kier molecular flexibility index (Phi) is 9.18. The second-order valence-electron chi connectivity index (χ2n) is 11.0. The lowest BCUT2D eigenvalue weighted by Gasteiger charge is -2.12. The largest absolute Gasteiger partial charge is 0.550 e. The molecule has 4 heterocycles. The topological polar surface area (TPSA) is 170 Å². The zero-order valence-corrected chi connectivity index (χ0v) is 25.1. The van der Waals surface area contributed by atoms with Crippen LogP contribution >= 0.6 is 0 Å². The number of aliphatic carboxylic acids is 2. The summed E-state index contributed by atoms with van der Waals surface area (Å²) >= 11 is 0. The number of carboxylic acids is 2. The molecule has 3 N–H and O–H groups in total. The normalized spacial score (nSPS) is 20.4. The number of hydrogen-bond donors (Lipinski definition) is 3. The van der Waals surface area contributed by atoms with Crippen molar-refractivity contribution >= 4 is 41.6 Å². The van der Waals surface area contributed by atoms with Crippen molar-refractivity contribution in [1.82, 2.24) is 15.3 Å². The molecule has 2 aromatic heterocycles. The SMILES string of the molecule is C=CC1=C(C)[C@H](Cc2[nH]c(/C=c3\[nH]/c(=C\C4=NC(=O)[C@H](C)C4=CC)c(C)c3CCC(=O)[O-])c(CCC(=O)[O-])c2C)NC1=O. The number of aromatic amines is 2. The molecule has 2 aliphatic rings. The first kappa shape index (κ1) is 31.2. The second kappa shape index (κ2) is 12.6. The number of H-pyrrole nitrogens is 2. The Balaban J connectivity index is 1.86. The summed E-state index contributed by atoms with van der Waals surface area (Å²) in [6.07, 6.45) is 7.55. The smallest absolute Gasteiger partial charge is 0.253 e. The minimum absolute atomic E-state index is 0.182. The summed E-state index contributed by atoms with van der Waals surface area (Å²) in [7, 11) is 0. The van der Waals surface area contributed by atoms with Crippen molar-refractivity contribution in [2.75, 3.05) is 0 Å². The Hall–Kier alpha value is -4.73. The number of aliphatic imine (C=N–C) groups is 1. The summed E-state index contributed by atoms with van der Waals surface area (Å²) in [6.45, 7) is 13.1. The van der Waals surface area contributed by atoms with Crippen LogP contribution in [0.5, 0.6) is 0 Å². The lowest BCUT2D eigenvalue weighted by molar-refractivity contribution is -0.307. The minimum atomic E-state index is -1.18. The first-order chi connectivity index (χ1) is 20.4. The molecule has 2 atom stereocenters. The summed E-state index contributed by atoms with van der Waals surface area (Å²) in [6, 6.07) is -0.245. The fraction of sp³-hybridized carbons (Fsp3) is 0.364. The van der Waals surface area contributed by atoms with Crippen LogP contribution in [0.2, 0.25) is 0 Å². The van der Waals surface area contributed by atoms with E-state index >= 15 is 0 Å². The average molecular weight is 585 g/mol. The first-order valence-corrected chi connectivity index (χ1v) is 14.3. The zero-order valence-electron chi connectivity index (χ0n) is 25.1. The maximum Gasteiger partial charge on any atom is 0.253 e. The van der Waals surface area contributed by atoms with Gasteiger partial charge >= 0.3 is 0 Å². The number of aromatic nitrogens is 2. The van der Waals surface area contributed by atoms with E-state index in [2.05, 4.69) is 26.9 Å². The molecule has 0 spiro atoms. The van der Waals surface area contributed by atoms with E-state index in [1.807, 2.05) is 39.8 Å². The Morgan fingerprint density at radius 2 is 1.60 bits per heavy atom. The second-order valence-corrected chi connectivity index (χ2v) is 11.0. The molecule has 226 valence electrons. The lowest BCUT2D eigenvalue weighted by atomic mass is 9.98. The van der Waals surface area contributed by atoms with Gasteiger partial charge in [0.15, 0.2) is 0 Å². The monoisotopic (exact) mass is 584 g/mol. The third-order valence-corrected chi connectivity index (χ3v) is 8.48. The quantitative estimate of drug-likeness (QED) is 0.337. The van der Waals surface area contributed by atoms with Gasteiger partial charge in [-0.05, 0) is 106 Å². The van der Waals surface area contributed by atoms with Gasteiger partial charge in [-0.25, -0.2) is 4.99 Å². The molecule has 0 bridgehead atoms. The molecule has 0 aliphatic carbocycles. The summed E-state index contributed by atoms with van der Waals surface area (Å²) in [5.74, 6) is -3.09. The highest BCUT2D eigenvalue weighted by Crippen LogP contribution is 2.26. The van der Waals surface area contributed by atoms with Gasteiger partial charge in [-0.2, -0.15) is 0 Å². The zero-order chi connectivity index (χ0) is 31.6. The van der Waals surface area contributed by atoms with Crippen LogP contribution in [0.15, 0.2) is 40.4 Å². The van der Waals surface area contributed by atoms with Crippen molar-refractivity contribution < 1.29 is 29.4 Å². The summed E-state index contributed by atoms with van der Waals surface area (Å²) in [5.41, 5.74) is 7.53. The standard InChI is InChI=1S/C33H38N4O6/c1-7-20-19(6)32(42)37-27(20)14-25-18(5)23(10-12-31(40)41)29(35-25)15-28-22(9-11-30(38)39)17(4)24(34-28)13-26-16(3)21(8-2)33(43)36-26/h7-8,14-15,19,26,34-35H,2,9-13H2,1,3-6H3,(H,36,43)(H,38,39)(H,40,41)/p-2/b20-7?,25-14-,29-15-/t19-,26+/m1/s1. The van der Waals surface area contributed by atoms with Crippen molar-refractivity contribution in [2.45, 2.75) is 72.8 Å². The highest BCUT2D eigenvalue weighted by molar-refractivity contribution is 6.29. The molecule has 2 amide bonds. The number of amides is 2. The number of carboxylic acid groups (broad SMARTS) is 2. The Bertz CT molecular complexity index is 1750. The maximum absolute atomic E-state index is 12.4. The molecule has 10 heteroatoms. The van der Waals surface area contributed by atoms with Crippen LogP contribution in [-0.4, -0.2) is 45.5 Å². The summed E-state index contributed by atoms with van der Waals surface area (Å²) in [5, 5.41) is 27.1. The van der Waals surface area contributed by atoms with E-state index in [-0.39, 0.29) is 49.5 Å². The number of nitrogens with one attached hydrogen (secondary N) is 3. The van der Waals surface area contributed by atoms with Crippen molar-refractivity contribution in [2.24, 2.45) is 10.9 Å². The van der Waals surface area contributed by atoms with Gasteiger partial charge in [0.1, 0.15) is 0 Å². The summed E-state index contributed by atoms with van der Waals surface area (Å²) < 4.78 is 0. The van der Waals surface area contributed by atoms with Crippen LogP contribution in [0.3, 0.4) is 0 Å². The number of rotatable bonds is 11. The molecular formula is C33H36N4O6-2. The highest BCUT2D eigenvalue weighted by Gasteiger charge is 2.29. The molecule has 0 fully saturated rings.